The number of hydrogen-bond donors (Lipinski definition) is 1. The third-order valence-corrected chi connectivity index (χ3v) is 3.48. The highest BCUT2D eigenvalue weighted by molar-refractivity contribution is 6.31. The average molecular weight is 224 g/mol. The molecule has 1 aromatic carbocycles. The van der Waals surface area contributed by atoms with Crippen molar-refractivity contribution in [2.45, 2.75) is 31.2 Å². The first-order chi connectivity index (χ1) is 7.12. The van der Waals surface area contributed by atoms with Gasteiger partial charge >= 0.3 is 0 Å². The van der Waals surface area contributed by atoms with Crippen LogP contribution >= 0.6 is 11.6 Å². The molecule has 1 saturated carbocycles. The summed E-state index contributed by atoms with van der Waals surface area (Å²) in [6.07, 6.45) is 3.05. The molecule has 0 aromatic heterocycles. The van der Waals surface area contributed by atoms with Crippen molar-refractivity contribution in [3.63, 3.8) is 0 Å². The van der Waals surface area contributed by atoms with Crippen LogP contribution < -0.4 is 5.73 Å². The van der Waals surface area contributed by atoms with Crippen LogP contribution in [0, 0.1) is 0 Å². The second-order valence-corrected chi connectivity index (χ2v) is 4.61. The second-order valence-electron chi connectivity index (χ2n) is 4.20. The van der Waals surface area contributed by atoms with Gasteiger partial charge in [0.25, 0.3) is 0 Å². The topological polar surface area (TPSA) is 43.1 Å². The number of Topliss-reactive ketones (excluding diaryl/α,β-unsaturated/α-hetero) is 1. The highest BCUT2D eigenvalue weighted by Crippen LogP contribution is 2.31. The van der Waals surface area contributed by atoms with E-state index in [2.05, 4.69) is 0 Å². The van der Waals surface area contributed by atoms with Gasteiger partial charge in [0.15, 0.2) is 5.78 Å². The van der Waals surface area contributed by atoms with E-state index in [9.17, 15) is 4.79 Å². The van der Waals surface area contributed by atoms with Gasteiger partial charge < -0.3 is 5.73 Å². The summed E-state index contributed by atoms with van der Waals surface area (Å²) in [6, 6.07) is 7.42. The van der Waals surface area contributed by atoms with Crippen LogP contribution in [-0.4, -0.2) is 11.3 Å². The summed E-state index contributed by atoms with van der Waals surface area (Å²) in [4.78, 5) is 11.9. The Morgan fingerprint density at radius 1 is 1.40 bits per heavy atom. The summed E-state index contributed by atoms with van der Waals surface area (Å²) < 4.78 is 0. The zero-order chi connectivity index (χ0) is 10.9. The summed E-state index contributed by atoms with van der Waals surface area (Å²) in [5.74, 6) is 0.113. The molecule has 1 aliphatic rings. The van der Waals surface area contributed by atoms with Crippen LogP contribution in [0.25, 0.3) is 0 Å². The molecule has 1 aromatic rings. The SMILES string of the molecule is NC1(C(=O)Cc2ccccc2Cl)CCC1. The Morgan fingerprint density at radius 2 is 2.07 bits per heavy atom. The Hall–Kier alpha value is -0.860. The van der Waals surface area contributed by atoms with Crippen LogP contribution in [0.2, 0.25) is 5.02 Å². The number of ketones is 1. The van der Waals surface area contributed by atoms with Gasteiger partial charge in [-0.25, -0.2) is 0 Å². The number of rotatable bonds is 3. The monoisotopic (exact) mass is 223 g/mol. The van der Waals surface area contributed by atoms with Gasteiger partial charge in [-0.05, 0) is 30.9 Å². The molecule has 2 rings (SSSR count). The van der Waals surface area contributed by atoms with E-state index in [0.29, 0.717) is 11.4 Å². The predicted octanol–water partition coefficient (Wildman–Crippen LogP) is 2.33. The first kappa shape index (κ1) is 10.7. The lowest BCUT2D eigenvalue weighted by molar-refractivity contribution is -0.126. The molecule has 0 atom stereocenters. The first-order valence-corrected chi connectivity index (χ1v) is 5.55. The van der Waals surface area contributed by atoms with Gasteiger partial charge in [-0.15, -0.1) is 0 Å². The maximum absolute atomic E-state index is 11.9. The van der Waals surface area contributed by atoms with Crippen LogP contribution in [-0.2, 0) is 11.2 Å². The van der Waals surface area contributed by atoms with Crippen LogP contribution in [0.4, 0.5) is 0 Å². The van der Waals surface area contributed by atoms with Gasteiger partial charge in [0.05, 0.1) is 5.54 Å². The van der Waals surface area contributed by atoms with Gasteiger partial charge in [-0.3, -0.25) is 4.79 Å². The maximum Gasteiger partial charge on any atom is 0.157 e. The van der Waals surface area contributed by atoms with E-state index in [1.54, 1.807) is 6.07 Å². The molecule has 3 heteroatoms. The first-order valence-electron chi connectivity index (χ1n) is 5.17. The molecule has 2 nitrogen and oxygen atoms in total. The van der Waals surface area contributed by atoms with Gasteiger partial charge in [0, 0.05) is 11.4 Å². The van der Waals surface area contributed by atoms with E-state index < -0.39 is 5.54 Å². The molecule has 0 heterocycles. The fourth-order valence-electron chi connectivity index (χ4n) is 1.83. The van der Waals surface area contributed by atoms with E-state index >= 15 is 0 Å². The second kappa shape index (κ2) is 3.95. The molecule has 0 amide bonds. The third kappa shape index (κ3) is 2.06. The number of nitrogens with two attached hydrogens (primary N) is 1. The summed E-state index contributed by atoms with van der Waals surface area (Å²) in [6.45, 7) is 0. The van der Waals surface area contributed by atoms with Gasteiger partial charge in [-0.1, -0.05) is 29.8 Å². The lowest BCUT2D eigenvalue weighted by atomic mass is 9.73. The van der Waals surface area contributed by atoms with E-state index in [1.165, 1.54) is 0 Å². The molecular formula is C12H14ClNO. The highest BCUT2D eigenvalue weighted by atomic mass is 35.5. The molecule has 80 valence electrons. The Morgan fingerprint density at radius 3 is 2.60 bits per heavy atom. The minimum absolute atomic E-state index is 0.113. The Balaban J connectivity index is 2.09. The Labute approximate surface area is 94.4 Å². The molecule has 2 N–H and O–H groups in total. The van der Waals surface area contributed by atoms with Crippen LogP contribution in [0.15, 0.2) is 24.3 Å². The molecule has 1 fully saturated rings. The molecule has 0 radical (unpaired) electrons. The number of halogens is 1. The fraction of sp³-hybridized carbons (Fsp3) is 0.417. The highest BCUT2D eigenvalue weighted by Gasteiger charge is 2.39. The zero-order valence-electron chi connectivity index (χ0n) is 8.50. The molecule has 0 bridgehead atoms. The maximum atomic E-state index is 11.9. The van der Waals surface area contributed by atoms with Crippen molar-refractivity contribution in [3.05, 3.63) is 34.9 Å². The molecule has 1 aliphatic carbocycles. The number of carbonyl (C=O) groups excluding carboxylic acids is 1. The molecular weight excluding hydrogens is 210 g/mol. The summed E-state index contributed by atoms with van der Waals surface area (Å²) in [5, 5.41) is 0.647. The predicted molar refractivity (Wildman–Crippen MR) is 60.9 cm³/mol. The molecule has 0 unspecified atom stereocenters. The summed E-state index contributed by atoms with van der Waals surface area (Å²) in [5.41, 5.74) is 6.26. The number of carbonyl (C=O) groups is 1. The molecule has 0 saturated heterocycles. The third-order valence-electron chi connectivity index (χ3n) is 3.11. The number of hydrogen-bond acceptors (Lipinski definition) is 2. The quantitative estimate of drug-likeness (QED) is 0.855. The van der Waals surface area contributed by atoms with Crippen molar-refractivity contribution >= 4 is 17.4 Å². The summed E-state index contributed by atoms with van der Waals surface area (Å²) in [7, 11) is 0. The fourth-order valence-corrected chi connectivity index (χ4v) is 2.03. The minimum atomic E-state index is -0.570. The van der Waals surface area contributed by atoms with Crippen molar-refractivity contribution in [1.29, 1.82) is 0 Å². The Bertz CT molecular complexity index is 385. The van der Waals surface area contributed by atoms with Crippen LogP contribution in [0.1, 0.15) is 24.8 Å². The van der Waals surface area contributed by atoms with Crippen LogP contribution in [0.5, 0.6) is 0 Å². The smallest absolute Gasteiger partial charge is 0.157 e. The van der Waals surface area contributed by atoms with Crippen molar-refractivity contribution in [1.82, 2.24) is 0 Å². The van der Waals surface area contributed by atoms with Crippen molar-refractivity contribution < 1.29 is 4.79 Å². The molecule has 0 spiro atoms. The Kier molecular flexibility index (Phi) is 2.81. The lowest BCUT2D eigenvalue weighted by Crippen LogP contribution is -2.54. The normalized spacial score (nSPS) is 18.3. The lowest BCUT2D eigenvalue weighted by Gasteiger charge is -2.36. The van der Waals surface area contributed by atoms with Gasteiger partial charge in [0.1, 0.15) is 0 Å². The van der Waals surface area contributed by atoms with E-state index in [4.69, 9.17) is 17.3 Å². The zero-order valence-corrected chi connectivity index (χ0v) is 9.26. The van der Waals surface area contributed by atoms with Crippen molar-refractivity contribution in [2.24, 2.45) is 5.73 Å². The van der Waals surface area contributed by atoms with E-state index in [0.717, 1.165) is 24.8 Å². The largest absolute Gasteiger partial charge is 0.319 e. The molecule has 0 aliphatic heterocycles. The summed E-state index contributed by atoms with van der Waals surface area (Å²) >= 11 is 5.99. The molecule has 15 heavy (non-hydrogen) atoms. The van der Waals surface area contributed by atoms with E-state index in [1.807, 2.05) is 18.2 Å². The van der Waals surface area contributed by atoms with Crippen LogP contribution in [0.3, 0.4) is 0 Å². The average Bonchev–Trinajstić information content (AvgIpc) is 2.18. The standard InChI is InChI=1S/C12H14ClNO/c13-10-5-2-1-4-9(10)8-11(15)12(14)6-3-7-12/h1-2,4-5H,3,6-8,14H2. The van der Waals surface area contributed by atoms with Gasteiger partial charge in [-0.2, -0.15) is 0 Å². The van der Waals surface area contributed by atoms with Crippen molar-refractivity contribution in [3.8, 4) is 0 Å². The van der Waals surface area contributed by atoms with Crippen molar-refractivity contribution in [2.75, 3.05) is 0 Å². The minimum Gasteiger partial charge on any atom is -0.319 e. The van der Waals surface area contributed by atoms with Gasteiger partial charge in [0.2, 0.25) is 0 Å². The number of benzene rings is 1. The van der Waals surface area contributed by atoms with E-state index in [-0.39, 0.29) is 5.78 Å².